The van der Waals surface area contributed by atoms with Crippen molar-refractivity contribution in [1.82, 2.24) is 9.80 Å². The first-order valence-electron chi connectivity index (χ1n) is 11.3. The molecule has 2 aromatic carbocycles. The van der Waals surface area contributed by atoms with E-state index in [0.717, 1.165) is 22.5 Å². The molecule has 0 N–H and O–H groups in total. The van der Waals surface area contributed by atoms with E-state index in [2.05, 4.69) is 9.80 Å². The van der Waals surface area contributed by atoms with Crippen LogP contribution < -0.4 is 9.80 Å². The normalized spacial score (nSPS) is 16.5. The van der Waals surface area contributed by atoms with Gasteiger partial charge in [-0.3, -0.25) is 20.2 Å². The van der Waals surface area contributed by atoms with E-state index in [9.17, 15) is 25.0 Å². The number of nitrogens with zero attached hydrogens (tertiary/aromatic N) is 6. The van der Waals surface area contributed by atoms with Crippen LogP contribution in [-0.4, -0.2) is 78.0 Å². The summed E-state index contributed by atoms with van der Waals surface area (Å²) < 4.78 is 0. The first kappa shape index (κ1) is 23.3. The summed E-state index contributed by atoms with van der Waals surface area (Å²) in [4.78, 5) is 42.3. The molecule has 0 aromatic heterocycles. The molecule has 11 nitrogen and oxygen atoms in total. The summed E-state index contributed by atoms with van der Waals surface area (Å²) in [6.45, 7) is 8.80. The quantitative estimate of drug-likeness (QED) is 0.500. The van der Waals surface area contributed by atoms with E-state index in [1.807, 2.05) is 23.6 Å². The molecule has 11 heteroatoms. The third kappa shape index (κ3) is 4.73. The summed E-state index contributed by atoms with van der Waals surface area (Å²) in [5.74, 6) is 0. The number of nitro benzene ring substituents is 2. The first-order chi connectivity index (χ1) is 16.2. The first-order valence-corrected chi connectivity index (χ1v) is 11.3. The zero-order chi connectivity index (χ0) is 24.4. The van der Waals surface area contributed by atoms with Crippen molar-refractivity contribution >= 4 is 28.8 Å². The van der Waals surface area contributed by atoms with Gasteiger partial charge in [0.25, 0.3) is 11.4 Å². The lowest BCUT2D eigenvalue weighted by Crippen LogP contribution is -2.57. The lowest BCUT2D eigenvalue weighted by molar-refractivity contribution is -0.385. The minimum absolute atomic E-state index is 0.0279. The maximum absolute atomic E-state index is 13.1. The Hall–Kier alpha value is -3.89. The van der Waals surface area contributed by atoms with Crippen molar-refractivity contribution in [3.63, 3.8) is 0 Å². The summed E-state index contributed by atoms with van der Waals surface area (Å²) in [6.07, 6.45) is 0. The molecule has 0 radical (unpaired) electrons. The second kappa shape index (κ2) is 9.54. The highest BCUT2D eigenvalue weighted by molar-refractivity contribution is 5.75. The summed E-state index contributed by atoms with van der Waals surface area (Å²) in [5.41, 5.74) is 3.80. The van der Waals surface area contributed by atoms with Gasteiger partial charge in [-0.2, -0.15) is 0 Å². The fraction of sp³-hybridized carbons (Fsp3) is 0.435. The Balaban J connectivity index is 1.31. The average molecular weight is 469 g/mol. The van der Waals surface area contributed by atoms with Crippen molar-refractivity contribution in [2.75, 3.05) is 62.2 Å². The third-order valence-electron chi connectivity index (χ3n) is 6.56. The molecule has 0 aliphatic carbocycles. The fourth-order valence-electron chi connectivity index (χ4n) is 4.69. The Morgan fingerprint density at radius 2 is 1.03 bits per heavy atom. The van der Waals surface area contributed by atoms with Gasteiger partial charge in [-0.15, -0.1) is 0 Å². The predicted molar refractivity (Wildman–Crippen MR) is 129 cm³/mol. The summed E-state index contributed by atoms with van der Waals surface area (Å²) in [7, 11) is 0. The molecule has 2 amide bonds. The number of amides is 2. The maximum Gasteiger partial charge on any atom is 0.320 e. The van der Waals surface area contributed by atoms with Gasteiger partial charge in [-0.05, 0) is 37.1 Å². The largest absolute Gasteiger partial charge is 0.368 e. The molecular weight excluding hydrogens is 440 g/mol. The Labute approximate surface area is 197 Å². The zero-order valence-corrected chi connectivity index (χ0v) is 19.3. The van der Waals surface area contributed by atoms with Gasteiger partial charge in [0, 0.05) is 88.0 Å². The van der Waals surface area contributed by atoms with Crippen LogP contribution in [0.1, 0.15) is 11.1 Å². The number of piperazine rings is 2. The van der Waals surface area contributed by atoms with Crippen LogP contribution in [0.3, 0.4) is 0 Å². The SMILES string of the molecule is Cc1cc([N+](=O)[O-])ccc1N1CCN(C(=O)N2CCN(c3ccc([N+](=O)[O-])cc3C)CC2)CC1. The molecule has 180 valence electrons. The number of carbonyl (C=O) groups is 1. The smallest absolute Gasteiger partial charge is 0.320 e. The number of benzene rings is 2. The highest BCUT2D eigenvalue weighted by atomic mass is 16.6. The van der Waals surface area contributed by atoms with Crippen LogP contribution in [0.2, 0.25) is 0 Å². The van der Waals surface area contributed by atoms with Crippen molar-refractivity contribution < 1.29 is 14.6 Å². The van der Waals surface area contributed by atoms with Crippen LogP contribution in [0.25, 0.3) is 0 Å². The number of carbonyl (C=O) groups excluding carboxylic acids is 1. The van der Waals surface area contributed by atoms with Crippen molar-refractivity contribution in [1.29, 1.82) is 0 Å². The van der Waals surface area contributed by atoms with Crippen LogP contribution in [0, 0.1) is 34.1 Å². The molecular formula is C23H28N6O5. The minimum Gasteiger partial charge on any atom is -0.368 e. The molecule has 2 aromatic rings. The van der Waals surface area contributed by atoms with Crippen LogP contribution in [-0.2, 0) is 0 Å². The van der Waals surface area contributed by atoms with E-state index >= 15 is 0 Å². The lowest BCUT2D eigenvalue weighted by Gasteiger charge is -2.42. The lowest BCUT2D eigenvalue weighted by atomic mass is 10.1. The minimum atomic E-state index is -0.393. The molecule has 0 atom stereocenters. The number of rotatable bonds is 4. The highest BCUT2D eigenvalue weighted by Gasteiger charge is 2.29. The van der Waals surface area contributed by atoms with Crippen LogP contribution in [0.5, 0.6) is 0 Å². The number of hydrogen-bond donors (Lipinski definition) is 0. The molecule has 0 saturated carbocycles. The molecule has 2 fully saturated rings. The van der Waals surface area contributed by atoms with Gasteiger partial charge in [0.1, 0.15) is 0 Å². The molecule has 2 aliphatic rings. The van der Waals surface area contributed by atoms with Crippen LogP contribution >= 0.6 is 0 Å². The summed E-state index contributed by atoms with van der Waals surface area (Å²) in [5, 5.41) is 22.0. The van der Waals surface area contributed by atoms with Crippen molar-refractivity contribution in [3.05, 3.63) is 67.8 Å². The van der Waals surface area contributed by atoms with E-state index in [4.69, 9.17) is 0 Å². The van der Waals surface area contributed by atoms with Gasteiger partial charge in [0.05, 0.1) is 9.85 Å². The molecule has 2 saturated heterocycles. The van der Waals surface area contributed by atoms with Gasteiger partial charge in [0.2, 0.25) is 0 Å². The van der Waals surface area contributed by atoms with Crippen molar-refractivity contribution in [2.24, 2.45) is 0 Å². The Morgan fingerprint density at radius 3 is 1.32 bits per heavy atom. The van der Waals surface area contributed by atoms with Gasteiger partial charge >= 0.3 is 6.03 Å². The molecule has 0 spiro atoms. The number of hydrogen-bond acceptors (Lipinski definition) is 7. The van der Waals surface area contributed by atoms with Gasteiger partial charge in [0.15, 0.2) is 0 Å². The van der Waals surface area contributed by atoms with Gasteiger partial charge in [-0.1, -0.05) is 0 Å². The number of nitro groups is 2. The highest BCUT2D eigenvalue weighted by Crippen LogP contribution is 2.27. The van der Waals surface area contributed by atoms with E-state index in [1.165, 1.54) is 12.1 Å². The molecule has 2 aliphatic heterocycles. The van der Waals surface area contributed by atoms with Crippen molar-refractivity contribution in [2.45, 2.75) is 13.8 Å². The monoisotopic (exact) mass is 468 g/mol. The second-order valence-corrected chi connectivity index (χ2v) is 8.69. The van der Waals surface area contributed by atoms with Gasteiger partial charge in [-0.25, -0.2) is 4.79 Å². The van der Waals surface area contributed by atoms with Gasteiger partial charge < -0.3 is 19.6 Å². The Morgan fingerprint density at radius 1 is 0.676 bits per heavy atom. The molecule has 2 heterocycles. The van der Waals surface area contributed by atoms with Crippen LogP contribution in [0.4, 0.5) is 27.5 Å². The summed E-state index contributed by atoms with van der Waals surface area (Å²) in [6, 6.07) is 9.80. The number of urea groups is 1. The topological polar surface area (TPSA) is 116 Å². The standard InChI is InChI=1S/C23H28N6O5/c1-17-15-19(28(31)32)3-5-21(17)24-7-11-26(12-8-24)23(30)27-13-9-25(10-14-27)22-6-4-20(29(33)34)16-18(22)2/h3-6,15-16H,7-14H2,1-2H3. The summed E-state index contributed by atoms with van der Waals surface area (Å²) >= 11 is 0. The number of aryl methyl sites for hydroxylation is 2. The maximum atomic E-state index is 13.1. The van der Waals surface area contributed by atoms with E-state index in [1.54, 1.807) is 24.3 Å². The third-order valence-corrected chi connectivity index (χ3v) is 6.56. The molecule has 4 rings (SSSR count). The number of non-ortho nitro benzene ring substituents is 2. The van der Waals surface area contributed by atoms with E-state index in [-0.39, 0.29) is 17.4 Å². The zero-order valence-electron chi connectivity index (χ0n) is 19.3. The van der Waals surface area contributed by atoms with E-state index in [0.29, 0.717) is 52.4 Å². The fourth-order valence-corrected chi connectivity index (χ4v) is 4.69. The van der Waals surface area contributed by atoms with Crippen molar-refractivity contribution in [3.8, 4) is 0 Å². The number of anilines is 2. The average Bonchev–Trinajstić information content (AvgIpc) is 2.83. The molecule has 0 bridgehead atoms. The van der Waals surface area contributed by atoms with E-state index < -0.39 is 9.85 Å². The Bertz CT molecular complexity index is 1020. The molecule has 34 heavy (non-hydrogen) atoms. The van der Waals surface area contributed by atoms with Crippen LogP contribution in [0.15, 0.2) is 36.4 Å². The predicted octanol–water partition coefficient (Wildman–Crippen LogP) is 3.18. The molecule has 0 unspecified atom stereocenters. The second-order valence-electron chi connectivity index (χ2n) is 8.69. The Kier molecular flexibility index (Phi) is 6.53.